The van der Waals surface area contributed by atoms with Crippen molar-refractivity contribution >= 4 is 16.9 Å². The lowest BCUT2D eigenvalue weighted by Gasteiger charge is -2.02. The van der Waals surface area contributed by atoms with Gasteiger partial charge in [0.05, 0.1) is 30.0 Å². The SMILES string of the molecule is COc1cnc2cc(-c3cc(N)n(C)n3)ccc2n1. The molecule has 0 spiro atoms. The van der Waals surface area contributed by atoms with Crippen LogP contribution < -0.4 is 10.5 Å². The molecule has 0 radical (unpaired) electrons. The van der Waals surface area contributed by atoms with E-state index in [4.69, 9.17) is 10.5 Å². The number of hydrogen-bond acceptors (Lipinski definition) is 5. The van der Waals surface area contributed by atoms with Gasteiger partial charge in [-0.15, -0.1) is 0 Å². The second-order valence-corrected chi connectivity index (χ2v) is 4.19. The van der Waals surface area contributed by atoms with Gasteiger partial charge in [0, 0.05) is 18.7 Å². The van der Waals surface area contributed by atoms with Crippen LogP contribution >= 0.6 is 0 Å². The first-order chi connectivity index (χ1) is 9.17. The first-order valence-electron chi connectivity index (χ1n) is 5.78. The minimum atomic E-state index is 0.502. The van der Waals surface area contributed by atoms with Gasteiger partial charge >= 0.3 is 0 Å². The standard InChI is InChI=1S/C13H13N5O/c1-18-12(14)6-10(17-18)8-3-4-9-11(5-8)15-7-13(16-9)19-2/h3-7H,14H2,1-2H3. The maximum absolute atomic E-state index is 5.78. The summed E-state index contributed by atoms with van der Waals surface area (Å²) < 4.78 is 6.69. The van der Waals surface area contributed by atoms with E-state index >= 15 is 0 Å². The number of aromatic nitrogens is 4. The van der Waals surface area contributed by atoms with Crippen LogP contribution in [0.4, 0.5) is 5.82 Å². The summed E-state index contributed by atoms with van der Waals surface area (Å²) in [4.78, 5) is 8.63. The monoisotopic (exact) mass is 255 g/mol. The molecule has 3 rings (SSSR count). The molecule has 0 aliphatic rings. The highest BCUT2D eigenvalue weighted by Crippen LogP contribution is 2.23. The summed E-state index contributed by atoms with van der Waals surface area (Å²) in [5.74, 6) is 1.12. The van der Waals surface area contributed by atoms with Gasteiger partial charge in [0.2, 0.25) is 5.88 Å². The smallest absolute Gasteiger partial charge is 0.232 e. The third kappa shape index (κ3) is 1.97. The maximum Gasteiger partial charge on any atom is 0.232 e. The molecule has 0 saturated heterocycles. The molecule has 2 aromatic heterocycles. The van der Waals surface area contributed by atoms with Gasteiger partial charge in [0.25, 0.3) is 0 Å². The van der Waals surface area contributed by atoms with Gasteiger partial charge < -0.3 is 10.5 Å². The Bertz CT molecular complexity index is 730. The van der Waals surface area contributed by atoms with E-state index < -0.39 is 0 Å². The second kappa shape index (κ2) is 4.24. The van der Waals surface area contributed by atoms with Crippen molar-refractivity contribution in [2.45, 2.75) is 0 Å². The predicted molar refractivity (Wildman–Crippen MR) is 72.7 cm³/mol. The fourth-order valence-electron chi connectivity index (χ4n) is 1.87. The van der Waals surface area contributed by atoms with Gasteiger partial charge in [-0.05, 0) is 12.1 Å². The molecule has 2 heterocycles. The van der Waals surface area contributed by atoms with Crippen molar-refractivity contribution in [2.75, 3.05) is 12.8 Å². The Kier molecular flexibility index (Phi) is 2.56. The Balaban J connectivity index is 2.11. The van der Waals surface area contributed by atoms with E-state index in [1.165, 1.54) is 0 Å². The number of nitrogen functional groups attached to an aromatic ring is 1. The van der Waals surface area contributed by atoms with Crippen molar-refractivity contribution in [1.82, 2.24) is 19.7 Å². The average Bonchev–Trinajstić information content (AvgIpc) is 2.77. The minimum Gasteiger partial charge on any atom is -0.480 e. The lowest BCUT2D eigenvalue weighted by Crippen LogP contribution is -1.96. The zero-order valence-corrected chi connectivity index (χ0v) is 10.7. The molecule has 0 atom stereocenters. The zero-order valence-electron chi connectivity index (χ0n) is 10.7. The summed E-state index contributed by atoms with van der Waals surface area (Å²) in [6.07, 6.45) is 1.60. The molecular formula is C13H13N5O. The molecule has 6 heteroatoms. The predicted octanol–water partition coefficient (Wildman–Crippen LogP) is 1.62. The minimum absolute atomic E-state index is 0.502. The zero-order chi connectivity index (χ0) is 13.4. The number of anilines is 1. The lowest BCUT2D eigenvalue weighted by molar-refractivity contribution is 0.397. The van der Waals surface area contributed by atoms with Gasteiger partial charge in [-0.2, -0.15) is 5.10 Å². The molecule has 0 aliphatic heterocycles. The molecular weight excluding hydrogens is 242 g/mol. The van der Waals surface area contributed by atoms with Crippen LogP contribution in [0, 0.1) is 0 Å². The van der Waals surface area contributed by atoms with Crippen molar-refractivity contribution in [3.63, 3.8) is 0 Å². The van der Waals surface area contributed by atoms with Gasteiger partial charge in [-0.25, -0.2) is 9.97 Å². The van der Waals surface area contributed by atoms with E-state index in [1.54, 1.807) is 18.0 Å². The Morgan fingerprint density at radius 2 is 2.05 bits per heavy atom. The first kappa shape index (κ1) is 11.5. The largest absolute Gasteiger partial charge is 0.480 e. The fraction of sp³-hybridized carbons (Fsp3) is 0.154. The molecule has 0 amide bonds. The second-order valence-electron chi connectivity index (χ2n) is 4.19. The first-order valence-corrected chi connectivity index (χ1v) is 5.78. The van der Waals surface area contributed by atoms with E-state index in [9.17, 15) is 0 Å². The highest BCUT2D eigenvalue weighted by atomic mass is 16.5. The van der Waals surface area contributed by atoms with Crippen LogP contribution in [-0.2, 0) is 7.05 Å². The normalized spacial score (nSPS) is 10.8. The Morgan fingerprint density at radius 3 is 2.74 bits per heavy atom. The fourth-order valence-corrected chi connectivity index (χ4v) is 1.87. The Hall–Kier alpha value is -2.63. The number of ether oxygens (including phenoxy) is 1. The van der Waals surface area contributed by atoms with Crippen molar-refractivity contribution in [3.8, 4) is 17.1 Å². The quantitative estimate of drug-likeness (QED) is 0.752. The molecule has 0 bridgehead atoms. The lowest BCUT2D eigenvalue weighted by atomic mass is 10.1. The number of nitrogens with zero attached hydrogens (tertiary/aromatic N) is 4. The molecule has 3 aromatic rings. The Morgan fingerprint density at radius 1 is 1.21 bits per heavy atom. The van der Waals surface area contributed by atoms with E-state index in [2.05, 4.69) is 15.1 Å². The maximum atomic E-state index is 5.78. The molecule has 0 unspecified atom stereocenters. The molecule has 19 heavy (non-hydrogen) atoms. The van der Waals surface area contributed by atoms with Crippen LogP contribution in [-0.4, -0.2) is 26.9 Å². The van der Waals surface area contributed by atoms with E-state index in [1.807, 2.05) is 31.3 Å². The number of nitrogens with two attached hydrogens (primary N) is 1. The highest BCUT2D eigenvalue weighted by Gasteiger charge is 2.07. The van der Waals surface area contributed by atoms with Crippen molar-refractivity contribution in [3.05, 3.63) is 30.5 Å². The van der Waals surface area contributed by atoms with Crippen LogP contribution in [0.1, 0.15) is 0 Å². The van der Waals surface area contributed by atoms with Crippen molar-refractivity contribution < 1.29 is 4.74 Å². The number of methoxy groups -OCH3 is 1. The molecule has 96 valence electrons. The van der Waals surface area contributed by atoms with Crippen LogP contribution in [0.15, 0.2) is 30.5 Å². The van der Waals surface area contributed by atoms with E-state index in [-0.39, 0.29) is 0 Å². The molecule has 0 aliphatic carbocycles. The molecule has 6 nitrogen and oxygen atoms in total. The number of hydrogen-bond donors (Lipinski definition) is 1. The number of aryl methyl sites for hydroxylation is 1. The summed E-state index contributed by atoms with van der Waals surface area (Å²) >= 11 is 0. The number of benzene rings is 1. The summed E-state index contributed by atoms with van der Waals surface area (Å²) in [7, 11) is 3.38. The third-order valence-electron chi connectivity index (χ3n) is 2.94. The third-order valence-corrected chi connectivity index (χ3v) is 2.94. The summed E-state index contributed by atoms with van der Waals surface area (Å²) in [6, 6.07) is 7.60. The number of rotatable bonds is 2. The summed E-state index contributed by atoms with van der Waals surface area (Å²) in [5.41, 5.74) is 9.14. The van der Waals surface area contributed by atoms with Crippen LogP contribution in [0.5, 0.6) is 5.88 Å². The molecule has 1 aromatic carbocycles. The Labute approximate surface area is 109 Å². The van der Waals surface area contributed by atoms with Crippen LogP contribution in [0.3, 0.4) is 0 Å². The average molecular weight is 255 g/mol. The summed E-state index contributed by atoms with van der Waals surface area (Å²) in [6.45, 7) is 0. The van der Waals surface area contributed by atoms with E-state index in [0.717, 1.165) is 22.3 Å². The van der Waals surface area contributed by atoms with Gasteiger partial charge in [-0.1, -0.05) is 6.07 Å². The van der Waals surface area contributed by atoms with Gasteiger partial charge in [0.15, 0.2) is 0 Å². The molecule has 0 fully saturated rings. The molecule has 2 N–H and O–H groups in total. The van der Waals surface area contributed by atoms with Crippen LogP contribution in [0.2, 0.25) is 0 Å². The summed E-state index contributed by atoms with van der Waals surface area (Å²) in [5, 5.41) is 4.34. The topological polar surface area (TPSA) is 78.9 Å². The van der Waals surface area contributed by atoms with Crippen molar-refractivity contribution in [2.24, 2.45) is 7.05 Å². The van der Waals surface area contributed by atoms with Gasteiger partial charge in [0.1, 0.15) is 5.82 Å². The molecule has 0 saturated carbocycles. The van der Waals surface area contributed by atoms with Crippen LogP contribution in [0.25, 0.3) is 22.3 Å². The van der Waals surface area contributed by atoms with Crippen molar-refractivity contribution in [1.29, 1.82) is 0 Å². The highest BCUT2D eigenvalue weighted by molar-refractivity contribution is 5.81. The number of fused-ring (bicyclic) bond motifs is 1. The van der Waals surface area contributed by atoms with Gasteiger partial charge in [-0.3, -0.25) is 4.68 Å². The van der Waals surface area contributed by atoms with E-state index in [0.29, 0.717) is 11.7 Å².